The fourth-order valence-corrected chi connectivity index (χ4v) is 2.14. The number of nitrogens with one attached hydrogen (secondary N) is 1. The van der Waals surface area contributed by atoms with Crippen molar-refractivity contribution < 1.29 is 14.3 Å². The van der Waals surface area contributed by atoms with Crippen LogP contribution in [0.2, 0.25) is 0 Å². The molecule has 19 heavy (non-hydrogen) atoms. The van der Waals surface area contributed by atoms with Crippen molar-refractivity contribution >= 4 is 11.6 Å². The van der Waals surface area contributed by atoms with E-state index >= 15 is 0 Å². The number of amides is 1. The Labute approximate surface area is 112 Å². The van der Waals surface area contributed by atoms with Crippen LogP contribution >= 0.6 is 0 Å². The van der Waals surface area contributed by atoms with E-state index in [0.717, 1.165) is 12.8 Å². The monoisotopic (exact) mass is 265 g/mol. The molecule has 0 saturated carbocycles. The van der Waals surface area contributed by atoms with E-state index in [4.69, 9.17) is 9.47 Å². The SMILES string of the molecule is COc1nc(C)c(NC(=O)C2CCOCC2)c(C)n1. The average Bonchev–Trinajstić information content (AvgIpc) is 2.43. The summed E-state index contributed by atoms with van der Waals surface area (Å²) < 4.78 is 10.3. The van der Waals surface area contributed by atoms with E-state index in [1.165, 1.54) is 7.11 Å². The van der Waals surface area contributed by atoms with Gasteiger partial charge in [0.25, 0.3) is 0 Å². The first-order chi connectivity index (χ1) is 9.11. The number of carbonyl (C=O) groups excluding carboxylic acids is 1. The quantitative estimate of drug-likeness (QED) is 0.895. The van der Waals surface area contributed by atoms with E-state index < -0.39 is 0 Å². The van der Waals surface area contributed by atoms with Crippen LogP contribution in [0.5, 0.6) is 6.01 Å². The molecular weight excluding hydrogens is 246 g/mol. The van der Waals surface area contributed by atoms with Crippen molar-refractivity contribution in [3.8, 4) is 6.01 Å². The smallest absolute Gasteiger partial charge is 0.316 e. The van der Waals surface area contributed by atoms with Crippen molar-refractivity contribution in [3.05, 3.63) is 11.4 Å². The average molecular weight is 265 g/mol. The minimum atomic E-state index is 0.00894. The number of hydrogen-bond acceptors (Lipinski definition) is 5. The molecule has 0 bridgehead atoms. The van der Waals surface area contributed by atoms with Gasteiger partial charge in [-0.05, 0) is 26.7 Å². The molecule has 2 heterocycles. The number of ether oxygens (including phenoxy) is 2. The van der Waals surface area contributed by atoms with Crippen LogP contribution in [-0.2, 0) is 9.53 Å². The third kappa shape index (κ3) is 3.20. The number of nitrogens with zero attached hydrogens (tertiary/aromatic N) is 2. The molecule has 1 aromatic heterocycles. The molecule has 0 radical (unpaired) electrons. The van der Waals surface area contributed by atoms with Crippen molar-refractivity contribution in [2.75, 3.05) is 25.6 Å². The lowest BCUT2D eigenvalue weighted by Crippen LogP contribution is -2.29. The first-order valence-electron chi connectivity index (χ1n) is 6.39. The molecule has 0 atom stereocenters. The summed E-state index contributed by atoms with van der Waals surface area (Å²) in [5, 5.41) is 2.92. The predicted molar refractivity (Wildman–Crippen MR) is 70.2 cm³/mol. The standard InChI is InChI=1S/C13H19N3O3/c1-8-11(9(2)15-13(14-8)18-3)16-12(17)10-4-6-19-7-5-10/h10H,4-7H2,1-3H3,(H,16,17). The van der Waals surface area contributed by atoms with Gasteiger partial charge in [-0.15, -0.1) is 0 Å². The van der Waals surface area contributed by atoms with Crippen molar-refractivity contribution in [1.82, 2.24) is 9.97 Å². The van der Waals surface area contributed by atoms with E-state index in [9.17, 15) is 4.79 Å². The zero-order valence-corrected chi connectivity index (χ0v) is 11.5. The lowest BCUT2D eigenvalue weighted by molar-refractivity contribution is -0.122. The number of hydrogen-bond donors (Lipinski definition) is 1. The van der Waals surface area contributed by atoms with E-state index in [1.54, 1.807) is 0 Å². The highest BCUT2D eigenvalue weighted by molar-refractivity contribution is 5.93. The van der Waals surface area contributed by atoms with Crippen molar-refractivity contribution in [2.45, 2.75) is 26.7 Å². The fraction of sp³-hybridized carbons (Fsp3) is 0.615. The second-order valence-corrected chi connectivity index (χ2v) is 4.63. The van der Waals surface area contributed by atoms with E-state index in [1.807, 2.05) is 13.8 Å². The molecule has 1 aromatic rings. The van der Waals surface area contributed by atoms with Gasteiger partial charge in [0, 0.05) is 19.1 Å². The molecule has 0 unspecified atom stereocenters. The zero-order chi connectivity index (χ0) is 13.8. The topological polar surface area (TPSA) is 73.3 Å². The van der Waals surface area contributed by atoms with Crippen molar-refractivity contribution in [1.29, 1.82) is 0 Å². The summed E-state index contributed by atoms with van der Waals surface area (Å²) >= 11 is 0. The molecule has 6 heteroatoms. The van der Waals surface area contributed by atoms with Gasteiger partial charge in [-0.3, -0.25) is 4.79 Å². The summed E-state index contributed by atoms with van der Waals surface area (Å²) in [5.41, 5.74) is 2.10. The summed E-state index contributed by atoms with van der Waals surface area (Å²) in [6.07, 6.45) is 1.53. The van der Waals surface area contributed by atoms with Gasteiger partial charge in [-0.2, -0.15) is 9.97 Å². The Morgan fingerprint density at radius 1 is 1.26 bits per heavy atom. The molecule has 1 aliphatic rings. The van der Waals surface area contributed by atoms with E-state index in [2.05, 4.69) is 15.3 Å². The number of methoxy groups -OCH3 is 1. The van der Waals surface area contributed by atoms with Crippen LogP contribution in [0.4, 0.5) is 5.69 Å². The maximum Gasteiger partial charge on any atom is 0.316 e. The molecule has 2 rings (SSSR count). The number of carbonyl (C=O) groups is 1. The van der Waals surface area contributed by atoms with Gasteiger partial charge in [-0.1, -0.05) is 0 Å². The van der Waals surface area contributed by atoms with Gasteiger partial charge < -0.3 is 14.8 Å². The summed E-state index contributed by atoms with van der Waals surface area (Å²) in [7, 11) is 1.52. The maximum absolute atomic E-state index is 12.2. The Kier molecular flexibility index (Phi) is 4.31. The summed E-state index contributed by atoms with van der Waals surface area (Å²) in [4.78, 5) is 20.5. The van der Waals surface area contributed by atoms with Crippen LogP contribution in [0.1, 0.15) is 24.2 Å². The molecule has 1 amide bonds. The molecule has 6 nitrogen and oxygen atoms in total. The zero-order valence-electron chi connectivity index (χ0n) is 11.5. The Bertz CT molecular complexity index is 447. The highest BCUT2D eigenvalue weighted by atomic mass is 16.5. The van der Waals surface area contributed by atoms with E-state index in [-0.39, 0.29) is 11.8 Å². The second-order valence-electron chi connectivity index (χ2n) is 4.63. The molecule has 104 valence electrons. The molecular formula is C13H19N3O3. The molecule has 1 saturated heterocycles. The number of anilines is 1. The summed E-state index contributed by atoms with van der Waals surface area (Å²) in [6.45, 7) is 4.96. The summed E-state index contributed by atoms with van der Waals surface area (Å²) in [6, 6.07) is 0.319. The predicted octanol–water partition coefficient (Wildman–Crippen LogP) is 1.47. The van der Waals surface area contributed by atoms with Gasteiger partial charge in [0.15, 0.2) is 0 Å². The van der Waals surface area contributed by atoms with Crippen LogP contribution in [0.3, 0.4) is 0 Å². The second kappa shape index (κ2) is 5.97. The van der Waals surface area contributed by atoms with Gasteiger partial charge >= 0.3 is 6.01 Å². The normalized spacial score (nSPS) is 16.2. The van der Waals surface area contributed by atoms with Crippen molar-refractivity contribution in [2.24, 2.45) is 5.92 Å². The first kappa shape index (κ1) is 13.7. The highest BCUT2D eigenvalue weighted by Gasteiger charge is 2.23. The molecule has 0 spiro atoms. The van der Waals surface area contributed by atoms with Gasteiger partial charge in [-0.25, -0.2) is 0 Å². The van der Waals surface area contributed by atoms with Crippen LogP contribution in [0, 0.1) is 19.8 Å². The third-order valence-corrected chi connectivity index (χ3v) is 3.27. The van der Waals surface area contributed by atoms with Crippen LogP contribution in [-0.4, -0.2) is 36.2 Å². The molecule has 0 aliphatic carbocycles. The number of aryl methyl sites for hydroxylation is 2. The fourth-order valence-electron chi connectivity index (χ4n) is 2.14. The van der Waals surface area contributed by atoms with Gasteiger partial charge in [0.2, 0.25) is 5.91 Å². The van der Waals surface area contributed by atoms with Crippen LogP contribution in [0.15, 0.2) is 0 Å². The molecule has 1 aliphatic heterocycles. The lowest BCUT2D eigenvalue weighted by atomic mass is 9.99. The van der Waals surface area contributed by atoms with Gasteiger partial charge in [0.05, 0.1) is 24.2 Å². The van der Waals surface area contributed by atoms with E-state index in [0.29, 0.717) is 36.3 Å². The molecule has 1 N–H and O–H groups in total. The van der Waals surface area contributed by atoms with Crippen LogP contribution < -0.4 is 10.1 Å². The Balaban J connectivity index is 2.12. The molecule has 0 aromatic carbocycles. The van der Waals surface area contributed by atoms with Crippen molar-refractivity contribution in [3.63, 3.8) is 0 Å². The third-order valence-electron chi connectivity index (χ3n) is 3.27. The van der Waals surface area contributed by atoms with Crippen LogP contribution in [0.25, 0.3) is 0 Å². The largest absolute Gasteiger partial charge is 0.467 e. The molecule has 1 fully saturated rings. The Morgan fingerprint density at radius 2 is 1.84 bits per heavy atom. The van der Waals surface area contributed by atoms with Gasteiger partial charge in [0.1, 0.15) is 0 Å². The minimum absolute atomic E-state index is 0.00894. The number of rotatable bonds is 3. The highest BCUT2D eigenvalue weighted by Crippen LogP contribution is 2.22. The number of aromatic nitrogens is 2. The first-order valence-corrected chi connectivity index (χ1v) is 6.39. The lowest BCUT2D eigenvalue weighted by Gasteiger charge is -2.22. The minimum Gasteiger partial charge on any atom is -0.467 e. The summed E-state index contributed by atoms with van der Waals surface area (Å²) in [5.74, 6) is 0.0259. The maximum atomic E-state index is 12.2. The Hall–Kier alpha value is -1.69. The Morgan fingerprint density at radius 3 is 2.37 bits per heavy atom.